The van der Waals surface area contributed by atoms with Crippen LogP contribution in [0.3, 0.4) is 0 Å². The number of nitrogens with one attached hydrogen (secondary N) is 1. The van der Waals surface area contributed by atoms with Crippen LogP contribution in [0.25, 0.3) is 0 Å². The van der Waals surface area contributed by atoms with E-state index in [1.807, 2.05) is 0 Å². The van der Waals surface area contributed by atoms with E-state index in [0.717, 1.165) is 12.8 Å². The van der Waals surface area contributed by atoms with Crippen molar-refractivity contribution in [1.82, 2.24) is 20.0 Å². The van der Waals surface area contributed by atoms with Gasteiger partial charge in [0.2, 0.25) is 23.6 Å². The molecule has 1 unspecified atom stereocenters. The van der Waals surface area contributed by atoms with Gasteiger partial charge in [-0.25, -0.2) is 0 Å². The molecular formula is C16H24N4O4. The van der Waals surface area contributed by atoms with Crippen LogP contribution in [0.1, 0.15) is 25.7 Å². The van der Waals surface area contributed by atoms with Crippen molar-refractivity contribution in [2.45, 2.75) is 31.7 Å². The van der Waals surface area contributed by atoms with E-state index in [2.05, 4.69) is 5.32 Å². The molecule has 3 fully saturated rings. The lowest BCUT2D eigenvalue weighted by atomic mass is 10.1. The topological polar surface area (TPSA) is 90.0 Å². The zero-order valence-corrected chi connectivity index (χ0v) is 14.0. The van der Waals surface area contributed by atoms with Crippen molar-refractivity contribution < 1.29 is 19.2 Å². The van der Waals surface area contributed by atoms with Crippen LogP contribution >= 0.6 is 0 Å². The molecule has 0 saturated carbocycles. The summed E-state index contributed by atoms with van der Waals surface area (Å²) in [7, 11) is 1.57. The van der Waals surface area contributed by atoms with Gasteiger partial charge in [0.15, 0.2) is 0 Å². The highest BCUT2D eigenvalue weighted by Gasteiger charge is 2.43. The van der Waals surface area contributed by atoms with Gasteiger partial charge in [0.25, 0.3) is 0 Å². The van der Waals surface area contributed by atoms with Gasteiger partial charge in [0, 0.05) is 46.1 Å². The Morgan fingerprint density at radius 3 is 2.54 bits per heavy atom. The number of amides is 4. The molecule has 24 heavy (non-hydrogen) atoms. The first-order valence-electron chi connectivity index (χ1n) is 8.56. The predicted molar refractivity (Wildman–Crippen MR) is 84.7 cm³/mol. The number of hydrogen-bond acceptors (Lipinski definition) is 4. The normalized spacial score (nSPS) is 25.0. The van der Waals surface area contributed by atoms with Crippen LogP contribution in [-0.2, 0) is 19.2 Å². The summed E-state index contributed by atoms with van der Waals surface area (Å²) in [5, 5.41) is 2.58. The Bertz CT molecular complexity index is 558. The fourth-order valence-corrected chi connectivity index (χ4v) is 3.61. The Hall–Kier alpha value is -2.12. The van der Waals surface area contributed by atoms with Crippen LogP contribution in [0, 0.1) is 5.92 Å². The van der Waals surface area contributed by atoms with Crippen molar-refractivity contribution in [2.75, 3.05) is 39.8 Å². The molecule has 3 rings (SSSR count). The summed E-state index contributed by atoms with van der Waals surface area (Å²) in [5.41, 5.74) is 0. The third kappa shape index (κ3) is 3.22. The predicted octanol–water partition coefficient (Wildman–Crippen LogP) is -1.20. The summed E-state index contributed by atoms with van der Waals surface area (Å²) in [6.45, 7) is 2.20. The van der Waals surface area contributed by atoms with Crippen LogP contribution < -0.4 is 5.32 Å². The van der Waals surface area contributed by atoms with Gasteiger partial charge in [0.05, 0.1) is 18.5 Å². The molecule has 3 aliphatic rings. The van der Waals surface area contributed by atoms with E-state index in [0.29, 0.717) is 32.6 Å². The van der Waals surface area contributed by atoms with Crippen molar-refractivity contribution in [3.63, 3.8) is 0 Å². The summed E-state index contributed by atoms with van der Waals surface area (Å²) in [6.07, 6.45) is 2.62. The number of carbonyl (C=O) groups is 4. The van der Waals surface area contributed by atoms with Crippen LogP contribution in [-0.4, -0.2) is 84.1 Å². The zero-order chi connectivity index (χ0) is 17.3. The minimum absolute atomic E-state index is 0.00633. The molecule has 0 aliphatic carbocycles. The lowest BCUT2D eigenvalue weighted by Gasteiger charge is -2.44. The standard InChI is InChI=1S/C16H24N4O4/c1-17-16(24)11-6-14(22)20(7-11)12-8-19(9-12)15(23)10-18-5-3-2-4-13(18)21/h11-12H,2-10H2,1H3,(H,17,24). The molecule has 0 aromatic heterocycles. The third-order valence-electron chi connectivity index (χ3n) is 5.18. The van der Waals surface area contributed by atoms with E-state index in [1.54, 1.807) is 21.7 Å². The number of nitrogens with zero attached hydrogens (tertiary/aromatic N) is 3. The molecule has 4 amide bonds. The maximum atomic E-state index is 12.3. The van der Waals surface area contributed by atoms with Crippen LogP contribution in [0.5, 0.6) is 0 Å². The monoisotopic (exact) mass is 336 g/mol. The molecule has 3 saturated heterocycles. The van der Waals surface area contributed by atoms with E-state index in [4.69, 9.17) is 0 Å². The second-order valence-corrected chi connectivity index (χ2v) is 6.79. The first-order valence-corrected chi connectivity index (χ1v) is 8.56. The molecule has 8 heteroatoms. The summed E-state index contributed by atoms with van der Waals surface area (Å²) in [5.74, 6) is -0.433. The van der Waals surface area contributed by atoms with Crippen LogP contribution in [0.15, 0.2) is 0 Å². The average molecular weight is 336 g/mol. The van der Waals surface area contributed by atoms with E-state index in [-0.39, 0.29) is 48.6 Å². The van der Waals surface area contributed by atoms with E-state index >= 15 is 0 Å². The zero-order valence-electron chi connectivity index (χ0n) is 14.0. The Kier molecular flexibility index (Phi) is 4.73. The lowest BCUT2D eigenvalue weighted by Crippen LogP contribution is -2.63. The lowest BCUT2D eigenvalue weighted by molar-refractivity contribution is -0.148. The highest BCUT2D eigenvalue weighted by Crippen LogP contribution is 2.25. The fourth-order valence-electron chi connectivity index (χ4n) is 3.61. The molecule has 0 aromatic carbocycles. The fraction of sp³-hybridized carbons (Fsp3) is 0.750. The molecule has 8 nitrogen and oxygen atoms in total. The summed E-state index contributed by atoms with van der Waals surface area (Å²) in [4.78, 5) is 52.8. The first-order chi connectivity index (χ1) is 11.5. The Labute approximate surface area is 141 Å². The largest absolute Gasteiger partial charge is 0.359 e. The second-order valence-electron chi connectivity index (χ2n) is 6.79. The summed E-state index contributed by atoms with van der Waals surface area (Å²) in [6, 6.07) is -0.00633. The van der Waals surface area contributed by atoms with Crippen molar-refractivity contribution in [3.8, 4) is 0 Å². The first kappa shape index (κ1) is 16.7. The SMILES string of the molecule is CNC(=O)C1CC(=O)N(C2CN(C(=O)CN3CCCCC3=O)C2)C1. The summed E-state index contributed by atoms with van der Waals surface area (Å²) < 4.78 is 0. The minimum atomic E-state index is -0.293. The van der Waals surface area contributed by atoms with E-state index in [9.17, 15) is 19.2 Å². The van der Waals surface area contributed by atoms with Gasteiger partial charge in [-0.05, 0) is 12.8 Å². The van der Waals surface area contributed by atoms with Gasteiger partial charge < -0.3 is 20.0 Å². The molecule has 0 spiro atoms. The molecule has 3 heterocycles. The van der Waals surface area contributed by atoms with Gasteiger partial charge in [-0.15, -0.1) is 0 Å². The second kappa shape index (κ2) is 6.78. The van der Waals surface area contributed by atoms with Crippen molar-refractivity contribution in [3.05, 3.63) is 0 Å². The molecule has 3 aliphatic heterocycles. The highest BCUT2D eigenvalue weighted by atomic mass is 16.2. The average Bonchev–Trinajstić information content (AvgIpc) is 2.89. The molecular weight excluding hydrogens is 312 g/mol. The van der Waals surface area contributed by atoms with Gasteiger partial charge in [-0.3, -0.25) is 19.2 Å². The Balaban J connectivity index is 1.47. The van der Waals surface area contributed by atoms with Gasteiger partial charge in [-0.2, -0.15) is 0 Å². The summed E-state index contributed by atoms with van der Waals surface area (Å²) >= 11 is 0. The Morgan fingerprint density at radius 1 is 1.12 bits per heavy atom. The molecule has 0 bridgehead atoms. The molecule has 0 aromatic rings. The number of rotatable bonds is 4. The van der Waals surface area contributed by atoms with Crippen LogP contribution in [0.4, 0.5) is 0 Å². The quantitative estimate of drug-likeness (QED) is 0.699. The number of piperidine rings is 1. The Morgan fingerprint density at radius 2 is 1.88 bits per heavy atom. The minimum Gasteiger partial charge on any atom is -0.359 e. The van der Waals surface area contributed by atoms with Crippen molar-refractivity contribution in [2.24, 2.45) is 5.92 Å². The highest BCUT2D eigenvalue weighted by molar-refractivity contribution is 5.90. The molecule has 0 radical (unpaired) electrons. The number of hydrogen-bond donors (Lipinski definition) is 1. The van der Waals surface area contributed by atoms with Gasteiger partial charge in [0.1, 0.15) is 0 Å². The molecule has 132 valence electrons. The number of likely N-dealkylation sites (tertiary alicyclic amines) is 3. The van der Waals surface area contributed by atoms with E-state index < -0.39 is 0 Å². The van der Waals surface area contributed by atoms with Crippen LogP contribution in [0.2, 0.25) is 0 Å². The molecule has 1 atom stereocenters. The maximum absolute atomic E-state index is 12.3. The number of carbonyl (C=O) groups excluding carboxylic acids is 4. The third-order valence-corrected chi connectivity index (χ3v) is 5.18. The van der Waals surface area contributed by atoms with Gasteiger partial charge in [-0.1, -0.05) is 0 Å². The van der Waals surface area contributed by atoms with Crippen molar-refractivity contribution >= 4 is 23.6 Å². The molecule has 1 N–H and O–H groups in total. The van der Waals surface area contributed by atoms with E-state index in [1.165, 1.54) is 0 Å². The smallest absolute Gasteiger partial charge is 0.242 e. The van der Waals surface area contributed by atoms with Crippen molar-refractivity contribution in [1.29, 1.82) is 0 Å². The van der Waals surface area contributed by atoms with Gasteiger partial charge >= 0.3 is 0 Å². The maximum Gasteiger partial charge on any atom is 0.242 e.